The summed E-state index contributed by atoms with van der Waals surface area (Å²) in [5, 5.41) is 0. The highest BCUT2D eigenvalue weighted by atomic mass is 32.1. The molecule has 0 N–H and O–H groups in total. The molecule has 96 valence electrons. The van der Waals surface area contributed by atoms with E-state index < -0.39 is 0 Å². The van der Waals surface area contributed by atoms with E-state index in [2.05, 4.69) is 30.1 Å². The summed E-state index contributed by atoms with van der Waals surface area (Å²) in [6.45, 7) is 4.83. The second-order valence-electron chi connectivity index (χ2n) is 4.13. The van der Waals surface area contributed by atoms with Crippen LogP contribution in [0.1, 0.15) is 12.5 Å². The first-order chi connectivity index (χ1) is 8.61. The molecular formula is C13H16N2O2S. The number of thiazole rings is 1. The van der Waals surface area contributed by atoms with Gasteiger partial charge in [0.1, 0.15) is 0 Å². The van der Waals surface area contributed by atoms with Gasteiger partial charge in [-0.15, -0.1) is 0 Å². The van der Waals surface area contributed by atoms with Crippen LogP contribution in [0, 0.1) is 6.92 Å². The van der Waals surface area contributed by atoms with E-state index in [4.69, 9.17) is 4.74 Å². The van der Waals surface area contributed by atoms with Crippen LogP contribution in [-0.2, 0) is 16.1 Å². The van der Waals surface area contributed by atoms with Gasteiger partial charge in [-0.25, -0.2) is 0 Å². The van der Waals surface area contributed by atoms with E-state index >= 15 is 0 Å². The minimum atomic E-state index is -0.176. The highest BCUT2D eigenvalue weighted by Gasteiger charge is 2.06. The summed E-state index contributed by atoms with van der Waals surface area (Å²) in [5.74, 6) is -0.176. The molecule has 0 atom stereocenters. The maximum Gasteiger partial charge on any atom is 0.245 e. The van der Waals surface area contributed by atoms with Crippen molar-refractivity contribution in [1.82, 2.24) is 4.57 Å². The lowest BCUT2D eigenvalue weighted by atomic mass is 10.2. The minimum Gasteiger partial charge on any atom is -0.383 e. The fourth-order valence-corrected chi connectivity index (χ4v) is 3.00. The molecule has 0 unspecified atom stereocenters. The predicted molar refractivity (Wildman–Crippen MR) is 72.7 cm³/mol. The number of hydrogen-bond acceptors (Lipinski definition) is 3. The van der Waals surface area contributed by atoms with Crippen LogP contribution in [0.15, 0.2) is 23.2 Å². The van der Waals surface area contributed by atoms with Crippen molar-refractivity contribution in [2.45, 2.75) is 20.4 Å². The van der Waals surface area contributed by atoms with Crippen molar-refractivity contribution in [2.24, 2.45) is 4.99 Å². The summed E-state index contributed by atoms with van der Waals surface area (Å²) < 4.78 is 8.28. The summed E-state index contributed by atoms with van der Waals surface area (Å²) >= 11 is 1.54. The van der Waals surface area contributed by atoms with Crippen molar-refractivity contribution in [3.8, 4) is 0 Å². The molecular weight excluding hydrogens is 248 g/mol. The van der Waals surface area contributed by atoms with Crippen molar-refractivity contribution >= 4 is 27.5 Å². The van der Waals surface area contributed by atoms with Crippen LogP contribution in [0.2, 0.25) is 0 Å². The molecule has 0 saturated heterocycles. The number of hydrogen-bond donors (Lipinski definition) is 0. The van der Waals surface area contributed by atoms with Crippen LogP contribution in [0.4, 0.5) is 0 Å². The molecule has 0 fully saturated rings. The molecule has 18 heavy (non-hydrogen) atoms. The number of amides is 1. The Labute approximate surface area is 110 Å². The molecule has 0 bridgehead atoms. The van der Waals surface area contributed by atoms with E-state index in [1.54, 1.807) is 7.11 Å². The first-order valence-corrected chi connectivity index (χ1v) is 6.57. The number of carbonyl (C=O) groups is 1. The van der Waals surface area contributed by atoms with Gasteiger partial charge in [0.2, 0.25) is 5.91 Å². The first kappa shape index (κ1) is 13.0. The van der Waals surface area contributed by atoms with Gasteiger partial charge in [-0.2, -0.15) is 4.99 Å². The van der Waals surface area contributed by atoms with Gasteiger partial charge in [-0.3, -0.25) is 4.79 Å². The minimum absolute atomic E-state index is 0.176. The standard InChI is InChI=1S/C13H16N2O2S/c1-9-4-5-11-12(8-9)18-13(14-10(2)16)15(11)6-7-17-3/h4-5,8H,6-7H2,1-3H3. The fraction of sp³-hybridized carbons (Fsp3) is 0.385. The zero-order valence-corrected chi connectivity index (χ0v) is 11.6. The molecule has 0 saturated carbocycles. The molecule has 2 aromatic rings. The molecule has 4 nitrogen and oxygen atoms in total. The lowest BCUT2D eigenvalue weighted by molar-refractivity contribution is -0.116. The summed E-state index contributed by atoms with van der Waals surface area (Å²) in [5.41, 5.74) is 2.31. The van der Waals surface area contributed by atoms with Crippen LogP contribution in [-0.4, -0.2) is 24.2 Å². The molecule has 1 aromatic heterocycles. The third-order valence-electron chi connectivity index (χ3n) is 2.61. The Morgan fingerprint density at radius 1 is 1.50 bits per heavy atom. The van der Waals surface area contributed by atoms with E-state index in [0.29, 0.717) is 13.2 Å². The Bertz CT molecular complexity index is 640. The van der Waals surface area contributed by atoms with Gasteiger partial charge < -0.3 is 9.30 Å². The summed E-state index contributed by atoms with van der Waals surface area (Å²) in [6.07, 6.45) is 0. The van der Waals surface area contributed by atoms with Crippen LogP contribution < -0.4 is 4.80 Å². The maximum absolute atomic E-state index is 11.2. The molecule has 0 spiro atoms. The highest BCUT2D eigenvalue weighted by molar-refractivity contribution is 7.16. The number of aryl methyl sites for hydroxylation is 1. The third kappa shape index (κ3) is 2.68. The molecule has 2 rings (SSSR count). The predicted octanol–water partition coefficient (Wildman–Crippen LogP) is 2.10. The SMILES string of the molecule is COCCn1c(=NC(C)=O)sc2cc(C)ccc21. The average molecular weight is 264 g/mol. The second kappa shape index (κ2) is 5.46. The van der Waals surface area contributed by atoms with Crippen LogP contribution in [0.5, 0.6) is 0 Å². The van der Waals surface area contributed by atoms with Crippen molar-refractivity contribution in [1.29, 1.82) is 0 Å². The smallest absolute Gasteiger partial charge is 0.245 e. The van der Waals surface area contributed by atoms with Gasteiger partial charge in [0, 0.05) is 20.6 Å². The molecule has 1 heterocycles. The van der Waals surface area contributed by atoms with Crippen LogP contribution in [0.25, 0.3) is 10.2 Å². The van der Waals surface area contributed by atoms with E-state index in [1.807, 2.05) is 4.57 Å². The number of rotatable bonds is 3. The van der Waals surface area contributed by atoms with Crippen molar-refractivity contribution in [3.63, 3.8) is 0 Å². The Hall–Kier alpha value is -1.46. The summed E-state index contributed by atoms with van der Waals surface area (Å²) in [4.78, 5) is 16.0. The number of nitrogens with zero attached hydrogens (tertiary/aromatic N) is 2. The Kier molecular flexibility index (Phi) is 3.93. The molecule has 0 aliphatic rings. The number of carbonyl (C=O) groups excluding carboxylic acids is 1. The lowest BCUT2D eigenvalue weighted by Gasteiger charge is -2.04. The fourth-order valence-electron chi connectivity index (χ4n) is 1.80. The van der Waals surface area contributed by atoms with Gasteiger partial charge in [0.15, 0.2) is 4.80 Å². The van der Waals surface area contributed by atoms with Gasteiger partial charge in [-0.1, -0.05) is 17.4 Å². The zero-order valence-electron chi connectivity index (χ0n) is 10.8. The average Bonchev–Trinajstić information content (AvgIpc) is 2.62. The molecule has 0 radical (unpaired) electrons. The lowest BCUT2D eigenvalue weighted by Crippen LogP contribution is -2.18. The maximum atomic E-state index is 11.2. The van der Waals surface area contributed by atoms with E-state index in [-0.39, 0.29) is 5.91 Å². The van der Waals surface area contributed by atoms with Gasteiger partial charge in [0.25, 0.3) is 0 Å². The topological polar surface area (TPSA) is 43.6 Å². The highest BCUT2D eigenvalue weighted by Crippen LogP contribution is 2.18. The summed E-state index contributed by atoms with van der Waals surface area (Å²) in [6, 6.07) is 6.24. The Morgan fingerprint density at radius 2 is 2.28 bits per heavy atom. The number of methoxy groups -OCH3 is 1. The van der Waals surface area contributed by atoms with Gasteiger partial charge in [0.05, 0.1) is 16.8 Å². The van der Waals surface area contributed by atoms with Crippen LogP contribution >= 0.6 is 11.3 Å². The Balaban J connectivity index is 2.64. The van der Waals surface area contributed by atoms with Crippen molar-refractivity contribution < 1.29 is 9.53 Å². The van der Waals surface area contributed by atoms with Crippen molar-refractivity contribution in [3.05, 3.63) is 28.6 Å². The third-order valence-corrected chi connectivity index (χ3v) is 3.65. The second-order valence-corrected chi connectivity index (χ2v) is 5.14. The molecule has 5 heteroatoms. The molecule has 0 aliphatic carbocycles. The van der Waals surface area contributed by atoms with E-state index in [0.717, 1.165) is 15.0 Å². The largest absolute Gasteiger partial charge is 0.383 e. The quantitative estimate of drug-likeness (QED) is 0.852. The molecule has 1 aromatic carbocycles. The molecule has 1 amide bonds. The molecule has 0 aliphatic heterocycles. The van der Waals surface area contributed by atoms with Crippen LogP contribution in [0.3, 0.4) is 0 Å². The van der Waals surface area contributed by atoms with Crippen molar-refractivity contribution in [2.75, 3.05) is 13.7 Å². The number of benzene rings is 1. The number of ether oxygens (including phenoxy) is 1. The van der Waals surface area contributed by atoms with E-state index in [1.165, 1.54) is 23.8 Å². The normalized spacial score (nSPS) is 12.3. The first-order valence-electron chi connectivity index (χ1n) is 5.76. The monoisotopic (exact) mass is 264 g/mol. The number of fused-ring (bicyclic) bond motifs is 1. The van der Waals surface area contributed by atoms with Gasteiger partial charge >= 0.3 is 0 Å². The van der Waals surface area contributed by atoms with Gasteiger partial charge in [-0.05, 0) is 24.6 Å². The zero-order chi connectivity index (χ0) is 13.1. The Morgan fingerprint density at radius 3 is 2.94 bits per heavy atom. The summed E-state index contributed by atoms with van der Waals surface area (Å²) in [7, 11) is 1.67. The van der Waals surface area contributed by atoms with E-state index in [9.17, 15) is 4.79 Å². The number of aromatic nitrogens is 1.